The summed E-state index contributed by atoms with van der Waals surface area (Å²) >= 11 is 0. The topological polar surface area (TPSA) is 140 Å². The van der Waals surface area contributed by atoms with E-state index in [2.05, 4.69) is 65.0 Å². The zero-order valence-corrected chi connectivity index (χ0v) is 52.5. The zero-order chi connectivity index (χ0) is 57.4. The maximum absolute atomic E-state index is 12.6. The van der Waals surface area contributed by atoms with Gasteiger partial charge in [0.1, 0.15) is 12.4 Å². The maximum atomic E-state index is 12.6. The summed E-state index contributed by atoms with van der Waals surface area (Å²) < 4.78 is 16.3. The predicted molar refractivity (Wildman–Crippen MR) is 325 cm³/mol. The summed E-state index contributed by atoms with van der Waals surface area (Å²) in [7, 11) is 0. The number of aldehydes is 1. The molecule has 10 nitrogen and oxygen atoms in total. The molecule has 1 rings (SSSR count). The van der Waals surface area contributed by atoms with E-state index in [0.29, 0.717) is 51.7 Å². The summed E-state index contributed by atoms with van der Waals surface area (Å²) in [6.07, 6.45) is 49.2. The number of aliphatic hydroxyl groups excluding tert-OH is 2. The second-order valence-corrected chi connectivity index (χ2v) is 23.0. The second kappa shape index (κ2) is 67.2. The first-order chi connectivity index (χ1) is 36.8. The van der Waals surface area contributed by atoms with Crippen LogP contribution >= 0.6 is 0 Å². The van der Waals surface area contributed by atoms with Crippen molar-refractivity contribution < 1.29 is 43.6 Å². The fraction of sp³-hybridized carbons (Fsp3) is 0.939. The monoisotopic (exact) mass is 1080 g/mol. The number of carbonyl (C=O) groups excluding carboxylic acids is 4. The van der Waals surface area contributed by atoms with Crippen molar-refractivity contribution in [2.24, 2.45) is 17.3 Å². The molecule has 1 aliphatic rings. The molecule has 0 unspecified atom stereocenters. The van der Waals surface area contributed by atoms with Crippen LogP contribution < -0.4 is 0 Å². The van der Waals surface area contributed by atoms with Gasteiger partial charge in [-0.1, -0.05) is 209 Å². The highest BCUT2D eigenvalue weighted by Gasteiger charge is 2.28. The summed E-state index contributed by atoms with van der Waals surface area (Å²) in [5, 5.41) is 16.1. The number of aliphatic hydroxyl groups is 2. The van der Waals surface area contributed by atoms with E-state index in [1.807, 2.05) is 13.8 Å². The molecule has 0 aromatic heterocycles. The van der Waals surface area contributed by atoms with Crippen molar-refractivity contribution in [3.05, 3.63) is 0 Å². The molecule has 0 amide bonds. The smallest absolute Gasteiger partial charge is 0.311 e. The molecule has 0 bridgehead atoms. The predicted octanol–water partition coefficient (Wildman–Crippen LogP) is 18.5. The van der Waals surface area contributed by atoms with E-state index in [1.54, 1.807) is 0 Å². The van der Waals surface area contributed by atoms with E-state index in [1.165, 1.54) is 187 Å². The van der Waals surface area contributed by atoms with E-state index in [4.69, 9.17) is 19.7 Å². The number of esters is 2. The average Bonchev–Trinajstić information content (AvgIpc) is 3.93. The minimum atomic E-state index is -0.337. The molecular weight excluding hydrogens is 951 g/mol. The van der Waals surface area contributed by atoms with Gasteiger partial charge in [0.15, 0.2) is 0 Å². The molecule has 0 radical (unpaired) electrons. The van der Waals surface area contributed by atoms with Crippen LogP contribution in [0.4, 0.5) is 0 Å². The van der Waals surface area contributed by atoms with Crippen molar-refractivity contribution in [2.75, 3.05) is 46.1 Å². The lowest BCUT2D eigenvalue weighted by Gasteiger charge is -2.23. The van der Waals surface area contributed by atoms with Crippen molar-refractivity contribution in [1.29, 1.82) is 0 Å². The van der Waals surface area contributed by atoms with Crippen LogP contribution in [0.1, 0.15) is 332 Å². The minimum absolute atomic E-state index is 0.0121. The molecule has 1 fully saturated rings. The third-order valence-corrected chi connectivity index (χ3v) is 14.3. The Balaban J connectivity index is -0.000000536. The SMILES string of the molecule is CC(C)CCO.CCCC=O.CCCCCC(CCCCC)CCCOC(=O)C(C)(C)CCCCCCN1CCCC1.CCCCCCCCC(CCCCCCCC)OC(=O)CCCCCCCOC=O.CCCO. The van der Waals surface area contributed by atoms with Crippen LogP contribution in [-0.2, 0) is 33.4 Å². The summed E-state index contributed by atoms with van der Waals surface area (Å²) in [6, 6.07) is 0. The van der Waals surface area contributed by atoms with Gasteiger partial charge < -0.3 is 34.1 Å². The summed E-state index contributed by atoms with van der Waals surface area (Å²) in [5.41, 5.74) is -0.337. The number of ether oxygens (including phenoxy) is 3. The van der Waals surface area contributed by atoms with E-state index >= 15 is 0 Å². The fourth-order valence-corrected chi connectivity index (χ4v) is 9.12. The molecule has 456 valence electrons. The van der Waals surface area contributed by atoms with Crippen molar-refractivity contribution in [2.45, 2.75) is 339 Å². The first-order valence-electron chi connectivity index (χ1n) is 32.6. The van der Waals surface area contributed by atoms with E-state index < -0.39 is 0 Å². The van der Waals surface area contributed by atoms with Gasteiger partial charge in [-0.05, 0) is 142 Å². The van der Waals surface area contributed by atoms with Crippen molar-refractivity contribution in [1.82, 2.24) is 4.90 Å². The molecule has 10 heteroatoms. The van der Waals surface area contributed by atoms with Gasteiger partial charge in [0.25, 0.3) is 6.47 Å². The first-order valence-corrected chi connectivity index (χ1v) is 32.6. The van der Waals surface area contributed by atoms with Gasteiger partial charge in [0, 0.05) is 26.1 Å². The Hall–Kier alpha value is -2.04. The highest BCUT2D eigenvalue weighted by molar-refractivity contribution is 5.75. The number of unbranched alkanes of at least 4 members (excludes halogenated alkanes) is 22. The highest BCUT2D eigenvalue weighted by Crippen LogP contribution is 2.27. The van der Waals surface area contributed by atoms with Crippen LogP contribution in [0.15, 0.2) is 0 Å². The van der Waals surface area contributed by atoms with E-state index in [9.17, 15) is 19.2 Å². The van der Waals surface area contributed by atoms with Gasteiger partial charge >= 0.3 is 11.9 Å². The third kappa shape index (κ3) is 66.2. The molecule has 0 aromatic rings. The summed E-state index contributed by atoms with van der Waals surface area (Å²) in [4.78, 5) is 47.0. The highest BCUT2D eigenvalue weighted by atomic mass is 16.5. The maximum Gasteiger partial charge on any atom is 0.311 e. The number of hydrogen-bond acceptors (Lipinski definition) is 10. The molecule has 0 aliphatic carbocycles. The van der Waals surface area contributed by atoms with Gasteiger partial charge in [0.05, 0.1) is 18.6 Å². The van der Waals surface area contributed by atoms with Crippen molar-refractivity contribution in [3.8, 4) is 0 Å². The first kappa shape index (κ1) is 80.4. The van der Waals surface area contributed by atoms with Gasteiger partial charge in [-0.15, -0.1) is 0 Å². The van der Waals surface area contributed by atoms with Crippen LogP contribution in [0.2, 0.25) is 0 Å². The Morgan fingerprint density at radius 2 is 0.987 bits per heavy atom. The Bertz CT molecular complexity index is 1120. The van der Waals surface area contributed by atoms with Crippen LogP contribution in [-0.4, -0.2) is 92.0 Å². The molecule has 0 saturated carbocycles. The zero-order valence-electron chi connectivity index (χ0n) is 52.5. The molecule has 1 aliphatic heterocycles. The Morgan fingerprint density at radius 1 is 0.526 bits per heavy atom. The Kier molecular flexibility index (Phi) is 71.2. The van der Waals surface area contributed by atoms with Crippen LogP contribution in [0.25, 0.3) is 0 Å². The van der Waals surface area contributed by atoms with Gasteiger partial charge in [-0.25, -0.2) is 0 Å². The lowest BCUT2D eigenvalue weighted by molar-refractivity contribution is -0.154. The molecule has 76 heavy (non-hydrogen) atoms. The summed E-state index contributed by atoms with van der Waals surface area (Å²) in [5.74, 6) is 1.47. The standard InChI is InChI=1S/C28H55NO2.C26H50O4.C5H12O.C4H8O.C3H8O/c1-5-7-11-18-26(19-12-8-6-2)20-17-25-31-27(30)28(3,4)21-13-9-10-14-22-29-23-15-16-24-29;1-3-5-7-9-12-16-20-25(21-17-13-10-8-6-4-2)30-26(28)22-18-14-11-15-19-23-29-24-27;1-5(2)3-4-6;1-2-3-4-5;1-2-3-4/h26H,5-25H2,1-4H3;24-25H,3-23H2,1-2H3;5-6H,3-4H2,1-2H3;4H,2-3H2,1H3;4H,2-3H2,1H3. The molecule has 0 spiro atoms. The number of nitrogens with zero attached hydrogens (tertiary/aromatic N) is 1. The van der Waals surface area contributed by atoms with Crippen LogP contribution in [0.3, 0.4) is 0 Å². The lowest BCUT2D eigenvalue weighted by atomic mass is 9.87. The van der Waals surface area contributed by atoms with Gasteiger partial charge in [0.2, 0.25) is 0 Å². The number of carbonyl (C=O) groups is 4. The number of hydrogen-bond donors (Lipinski definition) is 2. The lowest BCUT2D eigenvalue weighted by Crippen LogP contribution is -2.27. The Labute approximate surface area is 473 Å². The van der Waals surface area contributed by atoms with E-state index in [-0.39, 0.29) is 23.5 Å². The van der Waals surface area contributed by atoms with Crippen molar-refractivity contribution >= 4 is 24.7 Å². The number of rotatable bonds is 49. The average molecular weight is 1080 g/mol. The fourth-order valence-electron chi connectivity index (χ4n) is 9.12. The Morgan fingerprint density at radius 3 is 1.45 bits per heavy atom. The quantitative estimate of drug-likeness (QED) is 0.0262. The largest absolute Gasteiger partial charge is 0.468 e. The molecule has 1 saturated heterocycles. The summed E-state index contributed by atoms with van der Waals surface area (Å²) in [6.45, 7) is 27.4. The third-order valence-electron chi connectivity index (χ3n) is 14.3. The molecule has 1 heterocycles. The molecular formula is C66H133NO9. The minimum Gasteiger partial charge on any atom is -0.468 e. The van der Waals surface area contributed by atoms with Crippen LogP contribution in [0, 0.1) is 17.3 Å². The van der Waals surface area contributed by atoms with Gasteiger partial charge in [-0.2, -0.15) is 0 Å². The second-order valence-electron chi connectivity index (χ2n) is 23.0. The van der Waals surface area contributed by atoms with Crippen LogP contribution in [0.5, 0.6) is 0 Å². The van der Waals surface area contributed by atoms with Gasteiger partial charge in [-0.3, -0.25) is 14.4 Å². The molecule has 2 N–H and O–H groups in total. The van der Waals surface area contributed by atoms with E-state index in [0.717, 1.165) is 95.7 Å². The molecule has 0 atom stereocenters. The van der Waals surface area contributed by atoms with Crippen molar-refractivity contribution in [3.63, 3.8) is 0 Å². The molecule has 0 aromatic carbocycles. The normalized spacial score (nSPS) is 12.2. The number of likely N-dealkylation sites (tertiary alicyclic amines) is 1.